The SMILES string of the molecule is Cc1ccc(C)c(C(C)NCC2CC2(C)C)c1. The number of hydrogen-bond donors (Lipinski definition) is 1. The largest absolute Gasteiger partial charge is 0.310 e. The Morgan fingerprint density at radius 3 is 2.59 bits per heavy atom. The average Bonchev–Trinajstić information content (AvgIpc) is 2.87. The Balaban J connectivity index is 1.95. The van der Waals surface area contributed by atoms with Crippen LogP contribution in [-0.4, -0.2) is 6.54 Å². The van der Waals surface area contributed by atoms with Crippen molar-refractivity contribution in [1.82, 2.24) is 5.32 Å². The van der Waals surface area contributed by atoms with Crippen LogP contribution >= 0.6 is 0 Å². The van der Waals surface area contributed by atoms with Crippen molar-refractivity contribution in [2.45, 2.75) is 47.1 Å². The number of rotatable bonds is 4. The lowest BCUT2D eigenvalue weighted by molar-refractivity contribution is 0.484. The zero-order chi connectivity index (χ0) is 12.6. The molecule has 1 saturated carbocycles. The summed E-state index contributed by atoms with van der Waals surface area (Å²) in [6, 6.07) is 7.19. The molecule has 2 atom stereocenters. The van der Waals surface area contributed by atoms with E-state index in [1.165, 1.54) is 23.1 Å². The molecule has 1 aliphatic rings. The molecule has 0 bridgehead atoms. The molecule has 0 radical (unpaired) electrons. The van der Waals surface area contributed by atoms with Gasteiger partial charge in [0.25, 0.3) is 0 Å². The predicted molar refractivity (Wildman–Crippen MR) is 74.2 cm³/mol. The third kappa shape index (κ3) is 2.90. The first-order valence-electron chi connectivity index (χ1n) is 6.71. The smallest absolute Gasteiger partial charge is 0.0294 e. The van der Waals surface area contributed by atoms with Crippen LogP contribution < -0.4 is 5.32 Å². The van der Waals surface area contributed by atoms with Gasteiger partial charge in [-0.15, -0.1) is 0 Å². The zero-order valence-electron chi connectivity index (χ0n) is 11.8. The number of aryl methyl sites for hydroxylation is 2. The van der Waals surface area contributed by atoms with Gasteiger partial charge < -0.3 is 5.32 Å². The molecule has 0 spiro atoms. The molecule has 0 aliphatic heterocycles. The Morgan fingerprint density at radius 1 is 1.35 bits per heavy atom. The highest BCUT2D eigenvalue weighted by atomic mass is 14.9. The van der Waals surface area contributed by atoms with E-state index < -0.39 is 0 Å². The van der Waals surface area contributed by atoms with E-state index in [0.29, 0.717) is 11.5 Å². The van der Waals surface area contributed by atoms with Crippen LogP contribution in [0, 0.1) is 25.2 Å². The normalized spacial score (nSPS) is 23.5. The summed E-state index contributed by atoms with van der Waals surface area (Å²) in [6.07, 6.45) is 1.37. The molecule has 94 valence electrons. The van der Waals surface area contributed by atoms with Crippen molar-refractivity contribution in [3.8, 4) is 0 Å². The van der Waals surface area contributed by atoms with Crippen molar-refractivity contribution in [3.63, 3.8) is 0 Å². The number of nitrogens with one attached hydrogen (secondary N) is 1. The molecular formula is C16H25N. The lowest BCUT2D eigenvalue weighted by Gasteiger charge is -2.18. The fourth-order valence-electron chi connectivity index (χ4n) is 2.58. The van der Waals surface area contributed by atoms with E-state index in [4.69, 9.17) is 0 Å². The molecule has 1 N–H and O–H groups in total. The minimum Gasteiger partial charge on any atom is -0.310 e. The maximum atomic E-state index is 3.68. The molecule has 1 aliphatic carbocycles. The van der Waals surface area contributed by atoms with Crippen molar-refractivity contribution in [3.05, 3.63) is 34.9 Å². The molecule has 0 aromatic heterocycles. The average molecular weight is 231 g/mol. The first-order chi connectivity index (χ1) is 7.90. The molecular weight excluding hydrogens is 206 g/mol. The second-order valence-corrected chi connectivity index (χ2v) is 6.38. The minimum absolute atomic E-state index is 0.464. The monoisotopic (exact) mass is 231 g/mol. The van der Waals surface area contributed by atoms with Crippen LogP contribution in [0.1, 0.15) is 49.9 Å². The van der Waals surface area contributed by atoms with Gasteiger partial charge in [-0.05, 0) is 56.2 Å². The molecule has 0 heterocycles. The first-order valence-corrected chi connectivity index (χ1v) is 6.71. The zero-order valence-corrected chi connectivity index (χ0v) is 11.8. The van der Waals surface area contributed by atoms with Gasteiger partial charge in [-0.3, -0.25) is 0 Å². The summed E-state index contributed by atoms with van der Waals surface area (Å²) in [6.45, 7) is 12.5. The van der Waals surface area contributed by atoms with Crippen molar-refractivity contribution in [2.75, 3.05) is 6.54 Å². The van der Waals surface area contributed by atoms with E-state index in [1.807, 2.05) is 0 Å². The summed E-state index contributed by atoms with van der Waals surface area (Å²) in [5, 5.41) is 3.68. The molecule has 2 rings (SSSR count). The lowest BCUT2D eigenvalue weighted by atomic mass is 10.00. The van der Waals surface area contributed by atoms with Crippen molar-refractivity contribution < 1.29 is 0 Å². The molecule has 1 fully saturated rings. The molecule has 0 amide bonds. The standard InChI is InChI=1S/C16H25N/c1-11-6-7-12(2)15(8-11)13(3)17-10-14-9-16(14,4)5/h6-8,13-14,17H,9-10H2,1-5H3. The molecule has 17 heavy (non-hydrogen) atoms. The van der Waals surface area contributed by atoms with Crippen LogP contribution in [0.5, 0.6) is 0 Å². The van der Waals surface area contributed by atoms with Crippen LogP contribution in [0.4, 0.5) is 0 Å². The fraction of sp³-hybridized carbons (Fsp3) is 0.625. The van der Waals surface area contributed by atoms with Crippen molar-refractivity contribution in [1.29, 1.82) is 0 Å². The summed E-state index contributed by atoms with van der Waals surface area (Å²) in [5.41, 5.74) is 4.77. The van der Waals surface area contributed by atoms with Crippen LogP contribution in [0.15, 0.2) is 18.2 Å². The van der Waals surface area contributed by atoms with Gasteiger partial charge in [-0.1, -0.05) is 37.6 Å². The Bertz CT molecular complexity index is 406. The van der Waals surface area contributed by atoms with E-state index in [-0.39, 0.29) is 0 Å². The Labute approximate surface area is 106 Å². The van der Waals surface area contributed by atoms with E-state index in [9.17, 15) is 0 Å². The van der Waals surface area contributed by atoms with Gasteiger partial charge in [-0.25, -0.2) is 0 Å². The van der Waals surface area contributed by atoms with Crippen molar-refractivity contribution in [2.24, 2.45) is 11.3 Å². The topological polar surface area (TPSA) is 12.0 Å². The maximum absolute atomic E-state index is 3.68. The second-order valence-electron chi connectivity index (χ2n) is 6.38. The lowest BCUT2D eigenvalue weighted by Crippen LogP contribution is -2.23. The maximum Gasteiger partial charge on any atom is 0.0294 e. The van der Waals surface area contributed by atoms with Crippen LogP contribution in [0.25, 0.3) is 0 Å². The predicted octanol–water partition coefficient (Wildman–Crippen LogP) is 4.00. The van der Waals surface area contributed by atoms with Gasteiger partial charge in [0.2, 0.25) is 0 Å². The van der Waals surface area contributed by atoms with Crippen LogP contribution in [0.3, 0.4) is 0 Å². The summed E-state index contributed by atoms with van der Waals surface area (Å²) >= 11 is 0. The Hall–Kier alpha value is -0.820. The Kier molecular flexibility index (Phi) is 3.31. The molecule has 1 nitrogen and oxygen atoms in total. The summed E-state index contributed by atoms with van der Waals surface area (Å²) in [4.78, 5) is 0. The van der Waals surface area contributed by atoms with Crippen LogP contribution in [0.2, 0.25) is 0 Å². The molecule has 0 saturated heterocycles. The van der Waals surface area contributed by atoms with E-state index in [2.05, 4.69) is 58.1 Å². The van der Waals surface area contributed by atoms with Gasteiger partial charge in [0, 0.05) is 6.04 Å². The van der Waals surface area contributed by atoms with Crippen molar-refractivity contribution >= 4 is 0 Å². The minimum atomic E-state index is 0.464. The molecule has 1 aromatic rings. The molecule has 2 unspecified atom stereocenters. The summed E-state index contributed by atoms with van der Waals surface area (Å²) in [7, 11) is 0. The van der Waals surface area contributed by atoms with Gasteiger partial charge in [0.15, 0.2) is 0 Å². The first kappa shape index (κ1) is 12.6. The highest BCUT2D eigenvalue weighted by Gasteiger charge is 2.44. The summed E-state index contributed by atoms with van der Waals surface area (Å²) in [5.74, 6) is 0.870. The third-order valence-corrected chi connectivity index (χ3v) is 4.29. The molecule has 1 aromatic carbocycles. The highest BCUT2D eigenvalue weighted by Crippen LogP contribution is 2.51. The van der Waals surface area contributed by atoms with E-state index in [1.54, 1.807) is 0 Å². The summed E-state index contributed by atoms with van der Waals surface area (Å²) < 4.78 is 0. The van der Waals surface area contributed by atoms with Gasteiger partial charge >= 0.3 is 0 Å². The quantitative estimate of drug-likeness (QED) is 0.826. The number of benzene rings is 1. The van der Waals surface area contributed by atoms with Gasteiger partial charge in [0.05, 0.1) is 0 Å². The second kappa shape index (κ2) is 4.45. The molecule has 1 heteroatoms. The Morgan fingerprint density at radius 2 is 2.00 bits per heavy atom. The third-order valence-electron chi connectivity index (χ3n) is 4.29. The van der Waals surface area contributed by atoms with Crippen LogP contribution in [-0.2, 0) is 0 Å². The fourth-order valence-corrected chi connectivity index (χ4v) is 2.58. The van der Waals surface area contributed by atoms with E-state index in [0.717, 1.165) is 12.5 Å². The number of hydrogen-bond acceptors (Lipinski definition) is 1. The highest BCUT2D eigenvalue weighted by molar-refractivity contribution is 5.32. The van der Waals surface area contributed by atoms with E-state index >= 15 is 0 Å². The van der Waals surface area contributed by atoms with Gasteiger partial charge in [0.1, 0.15) is 0 Å². The van der Waals surface area contributed by atoms with Gasteiger partial charge in [-0.2, -0.15) is 0 Å².